The van der Waals surface area contributed by atoms with Crippen LogP contribution in [0.5, 0.6) is 0 Å². The van der Waals surface area contributed by atoms with E-state index in [2.05, 4.69) is 16.8 Å². The highest BCUT2D eigenvalue weighted by Gasteiger charge is 2.18. The largest absolute Gasteiger partial charge is 0.340 e. The van der Waals surface area contributed by atoms with Crippen LogP contribution in [0.2, 0.25) is 0 Å². The van der Waals surface area contributed by atoms with Crippen molar-refractivity contribution in [2.75, 3.05) is 26.7 Å². The van der Waals surface area contributed by atoms with E-state index in [4.69, 9.17) is 0 Å². The molecular weight excluding hydrogens is 270 g/mol. The molecule has 0 bridgehead atoms. The second-order valence-electron chi connectivity index (χ2n) is 5.91. The topological polar surface area (TPSA) is 36.4 Å². The molecule has 1 fully saturated rings. The molecule has 5 heteroatoms. The zero-order chi connectivity index (χ0) is 14.5. The van der Waals surface area contributed by atoms with Gasteiger partial charge in [0.25, 0.3) is 0 Å². The number of carbonyl (C=O) groups excluding carboxylic acids is 1. The van der Waals surface area contributed by atoms with Gasteiger partial charge in [-0.05, 0) is 32.2 Å². The number of thiazole rings is 1. The Balaban J connectivity index is 1.73. The molecule has 0 radical (unpaired) electrons. The Morgan fingerprint density at radius 3 is 3.05 bits per heavy atom. The molecule has 112 valence electrons. The molecule has 0 aliphatic carbocycles. The summed E-state index contributed by atoms with van der Waals surface area (Å²) in [5.74, 6) is 0.989. The Morgan fingerprint density at radius 2 is 2.40 bits per heavy atom. The lowest BCUT2D eigenvalue weighted by Crippen LogP contribution is -2.37. The lowest BCUT2D eigenvalue weighted by Gasteiger charge is -2.31. The van der Waals surface area contributed by atoms with Crippen LogP contribution in [-0.2, 0) is 11.3 Å². The predicted molar refractivity (Wildman–Crippen MR) is 82.8 cm³/mol. The molecule has 0 spiro atoms. The number of carbonyl (C=O) groups is 1. The molecular formula is C15H25N3OS. The molecule has 2 heterocycles. The maximum absolute atomic E-state index is 12.2. The average Bonchev–Trinajstić information content (AvgIpc) is 2.81. The van der Waals surface area contributed by atoms with Gasteiger partial charge in [-0.3, -0.25) is 4.79 Å². The van der Waals surface area contributed by atoms with Gasteiger partial charge in [0.15, 0.2) is 0 Å². The molecule has 0 N–H and O–H groups in total. The standard InChI is InChI=1S/C15H25N3OS/c1-12-5-4-7-18(9-12)8-6-15(19)17(3)10-14-11-20-13(2)16-14/h11-12H,4-10H2,1-3H3/t12-/m0/s1. The van der Waals surface area contributed by atoms with E-state index in [1.54, 1.807) is 16.2 Å². The lowest BCUT2D eigenvalue weighted by molar-refractivity contribution is -0.130. The van der Waals surface area contributed by atoms with Crippen molar-refractivity contribution in [1.29, 1.82) is 0 Å². The van der Waals surface area contributed by atoms with Gasteiger partial charge in [-0.2, -0.15) is 0 Å². The third kappa shape index (κ3) is 4.56. The third-order valence-electron chi connectivity index (χ3n) is 3.87. The number of hydrogen-bond donors (Lipinski definition) is 0. The number of rotatable bonds is 5. The van der Waals surface area contributed by atoms with Gasteiger partial charge < -0.3 is 9.80 Å². The zero-order valence-corrected chi connectivity index (χ0v) is 13.6. The summed E-state index contributed by atoms with van der Waals surface area (Å²) in [6, 6.07) is 0. The maximum Gasteiger partial charge on any atom is 0.223 e. The minimum atomic E-state index is 0.217. The Bertz CT molecular complexity index is 446. The summed E-state index contributed by atoms with van der Waals surface area (Å²) in [5, 5.41) is 3.09. The van der Waals surface area contributed by atoms with Crippen LogP contribution in [0.1, 0.15) is 36.9 Å². The summed E-state index contributed by atoms with van der Waals surface area (Å²) in [6.07, 6.45) is 3.21. The Kier molecular flexibility index (Phi) is 5.54. The number of aromatic nitrogens is 1. The zero-order valence-electron chi connectivity index (χ0n) is 12.8. The number of piperidine rings is 1. The smallest absolute Gasteiger partial charge is 0.223 e. The van der Waals surface area contributed by atoms with Crippen molar-refractivity contribution in [3.63, 3.8) is 0 Å². The fourth-order valence-corrected chi connectivity index (χ4v) is 3.35. The van der Waals surface area contributed by atoms with E-state index < -0.39 is 0 Å². The van der Waals surface area contributed by atoms with Crippen LogP contribution in [0, 0.1) is 12.8 Å². The molecule has 2 rings (SSSR count). The van der Waals surface area contributed by atoms with E-state index in [0.717, 1.165) is 36.3 Å². The van der Waals surface area contributed by atoms with Crippen LogP contribution in [0.4, 0.5) is 0 Å². The van der Waals surface area contributed by atoms with E-state index in [9.17, 15) is 4.79 Å². The van der Waals surface area contributed by atoms with E-state index >= 15 is 0 Å². The van der Waals surface area contributed by atoms with E-state index in [1.807, 2.05) is 19.4 Å². The normalized spacial score (nSPS) is 20.1. The third-order valence-corrected chi connectivity index (χ3v) is 4.70. The van der Waals surface area contributed by atoms with Crippen LogP contribution in [0.3, 0.4) is 0 Å². The molecule has 1 saturated heterocycles. The lowest BCUT2D eigenvalue weighted by atomic mass is 10.0. The van der Waals surface area contributed by atoms with Gasteiger partial charge >= 0.3 is 0 Å². The van der Waals surface area contributed by atoms with Gasteiger partial charge in [0.05, 0.1) is 17.2 Å². The first kappa shape index (κ1) is 15.4. The van der Waals surface area contributed by atoms with Crippen LogP contribution in [0.15, 0.2) is 5.38 Å². The molecule has 1 aliphatic heterocycles. The Morgan fingerprint density at radius 1 is 1.60 bits per heavy atom. The predicted octanol–water partition coefficient (Wildman–Crippen LogP) is 2.53. The molecule has 1 aromatic heterocycles. The second kappa shape index (κ2) is 7.18. The number of aryl methyl sites for hydroxylation is 1. The van der Waals surface area contributed by atoms with Crippen molar-refractivity contribution >= 4 is 17.2 Å². The van der Waals surface area contributed by atoms with Crippen molar-refractivity contribution in [2.24, 2.45) is 5.92 Å². The minimum Gasteiger partial charge on any atom is -0.340 e. The van der Waals surface area contributed by atoms with Gasteiger partial charge in [-0.25, -0.2) is 4.98 Å². The molecule has 1 atom stereocenters. The van der Waals surface area contributed by atoms with Crippen LogP contribution < -0.4 is 0 Å². The van der Waals surface area contributed by atoms with Crippen LogP contribution in [-0.4, -0.2) is 47.4 Å². The van der Waals surface area contributed by atoms with E-state index in [-0.39, 0.29) is 5.91 Å². The Labute approximate surface area is 125 Å². The highest BCUT2D eigenvalue weighted by atomic mass is 32.1. The van der Waals surface area contributed by atoms with Crippen molar-refractivity contribution in [1.82, 2.24) is 14.8 Å². The Hall–Kier alpha value is -0.940. The van der Waals surface area contributed by atoms with Crippen LogP contribution >= 0.6 is 11.3 Å². The molecule has 1 aromatic rings. The summed E-state index contributed by atoms with van der Waals surface area (Å²) in [5.41, 5.74) is 0.995. The van der Waals surface area contributed by atoms with Crippen molar-refractivity contribution in [3.8, 4) is 0 Å². The highest BCUT2D eigenvalue weighted by Crippen LogP contribution is 2.16. The maximum atomic E-state index is 12.2. The molecule has 4 nitrogen and oxygen atoms in total. The summed E-state index contributed by atoms with van der Waals surface area (Å²) in [6.45, 7) is 8.09. The van der Waals surface area contributed by atoms with Gasteiger partial charge in [0, 0.05) is 31.9 Å². The SMILES string of the molecule is Cc1nc(CN(C)C(=O)CCN2CCC[C@H](C)C2)cs1. The summed E-state index contributed by atoms with van der Waals surface area (Å²) >= 11 is 1.64. The number of hydrogen-bond acceptors (Lipinski definition) is 4. The molecule has 0 saturated carbocycles. The van der Waals surface area contributed by atoms with Crippen molar-refractivity contribution in [3.05, 3.63) is 16.1 Å². The fourth-order valence-electron chi connectivity index (χ4n) is 2.75. The number of amides is 1. The first-order valence-electron chi connectivity index (χ1n) is 7.42. The molecule has 0 aromatic carbocycles. The monoisotopic (exact) mass is 295 g/mol. The summed E-state index contributed by atoms with van der Waals surface area (Å²) in [4.78, 5) is 20.8. The van der Waals surface area contributed by atoms with Gasteiger partial charge in [-0.15, -0.1) is 11.3 Å². The van der Waals surface area contributed by atoms with Crippen LogP contribution in [0.25, 0.3) is 0 Å². The second-order valence-corrected chi connectivity index (χ2v) is 6.97. The van der Waals surface area contributed by atoms with Crippen molar-refractivity contribution in [2.45, 2.75) is 39.7 Å². The highest BCUT2D eigenvalue weighted by molar-refractivity contribution is 7.09. The van der Waals surface area contributed by atoms with Gasteiger partial charge in [0.1, 0.15) is 0 Å². The van der Waals surface area contributed by atoms with Crippen molar-refractivity contribution < 1.29 is 4.79 Å². The minimum absolute atomic E-state index is 0.217. The first-order chi connectivity index (χ1) is 9.54. The molecule has 1 amide bonds. The number of likely N-dealkylation sites (tertiary alicyclic amines) is 1. The molecule has 0 unspecified atom stereocenters. The first-order valence-corrected chi connectivity index (χ1v) is 8.30. The fraction of sp³-hybridized carbons (Fsp3) is 0.733. The van der Waals surface area contributed by atoms with E-state index in [1.165, 1.54) is 12.8 Å². The summed E-state index contributed by atoms with van der Waals surface area (Å²) < 4.78 is 0. The van der Waals surface area contributed by atoms with E-state index in [0.29, 0.717) is 13.0 Å². The van der Waals surface area contributed by atoms with Gasteiger partial charge in [-0.1, -0.05) is 6.92 Å². The molecule has 1 aliphatic rings. The molecule has 20 heavy (non-hydrogen) atoms. The summed E-state index contributed by atoms with van der Waals surface area (Å²) in [7, 11) is 1.87. The quantitative estimate of drug-likeness (QED) is 0.837. The average molecular weight is 295 g/mol. The van der Waals surface area contributed by atoms with Gasteiger partial charge in [0.2, 0.25) is 5.91 Å². The number of nitrogens with zero attached hydrogens (tertiary/aromatic N) is 3.